The van der Waals surface area contributed by atoms with Gasteiger partial charge in [0.15, 0.2) is 0 Å². The summed E-state index contributed by atoms with van der Waals surface area (Å²) in [5.41, 5.74) is 7.22. The zero-order valence-corrected chi connectivity index (χ0v) is 11.9. The van der Waals surface area contributed by atoms with Gasteiger partial charge in [0.1, 0.15) is 0 Å². The molecule has 0 fully saturated rings. The Labute approximate surface area is 126 Å². The molecule has 1 aromatic heterocycles. The summed E-state index contributed by atoms with van der Waals surface area (Å²) in [6.07, 6.45) is 0. The number of primary amides is 1. The average Bonchev–Trinajstić information content (AvgIpc) is 2.56. The lowest BCUT2D eigenvalue weighted by molar-refractivity contribution is 0.0991. The van der Waals surface area contributed by atoms with Gasteiger partial charge < -0.3 is 5.73 Å². The van der Waals surface area contributed by atoms with Crippen molar-refractivity contribution in [3.8, 4) is 21.1 Å². The van der Waals surface area contributed by atoms with Crippen LogP contribution >= 0.6 is 11.3 Å². The van der Waals surface area contributed by atoms with Gasteiger partial charge in [-0.25, -0.2) is 0 Å². The SMILES string of the molecule is NC(=O)c1nc(-c2ccccc2)[s+]c(-c2ccccc2)n1. The Morgan fingerprint density at radius 3 is 1.62 bits per heavy atom. The van der Waals surface area contributed by atoms with Gasteiger partial charge in [-0.1, -0.05) is 36.4 Å². The Bertz CT molecular complexity index is 718. The molecular weight excluding hydrogens is 282 g/mol. The topological polar surface area (TPSA) is 68.9 Å². The second-order valence-electron chi connectivity index (χ2n) is 4.36. The highest BCUT2D eigenvalue weighted by molar-refractivity contribution is 7.17. The van der Waals surface area contributed by atoms with Crippen molar-refractivity contribution in [2.45, 2.75) is 0 Å². The van der Waals surface area contributed by atoms with Gasteiger partial charge in [-0.05, 0) is 24.3 Å². The van der Waals surface area contributed by atoms with E-state index in [4.69, 9.17) is 5.73 Å². The molecule has 0 aliphatic carbocycles. The Hall–Kier alpha value is -2.66. The fourth-order valence-corrected chi connectivity index (χ4v) is 2.83. The monoisotopic (exact) mass is 294 g/mol. The van der Waals surface area contributed by atoms with Crippen molar-refractivity contribution in [2.24, 2.45) is 5.73 Å². The van der Waals surface area contributed by atoms with Gasteiger partial charge in [0, 0.05) is 0 Å². The molecule has 0 unspecified atom stereocenters. The molecule has 102 valence electrons. The number of benzene rings is 2. The van der Waals surface area contributed by atoms with Crippen molar-refractivity contribution < 1.29 is 4.79 Å². The van der Waals surface area contributed by atoms with Crippen LogP contribution < -0.4 is 5.73 Å². The van der Waals surface area contributed by atoms with Gasteiger partial charge in [0.2, 0.25) is 5.82 Å². The summed E-state index contributed by atoms with van der Waals surface area (Å²) >= 11 is 1.43. The zero-order chi connectivity index (χ0) is 14.7. The predicted molar refractivity (Wildman–Crippen MR) is 83.7 cm³/mol. The Morgan fingerprint density at radius 1 is 0.810 bits per heavy atom. The number of carbonyl (C=O) groups is 1. The zero-order valence-electron chi connectivity index (χ0n) is 11.1. The molecule has 2 N–H and O–H groups in total. The van der Waals surface area contributed by atoms with Crippen molar-refractivity contribution in [2.75, 3.05) is 0 Å². The Kier molecular flexibility index (Phi) is 3.66. The maximum atomic E-state index is 11.5. The molecule has 1 heterocycles. The quantitative estimate of drug-likeness (QED) is 0.754. The van der Waals surface area contributed by atoms with E-state index in [2.05, 4.69) is 9.97 Å². The molecule has 1 amide bonds. The van der Waals surface area contributed by atoms with Crippen molar-refractivity contribution in [3.63, 3.8) is 0 Å². The standard InChI is InChI=1S/C16H11N3OS/c17-13(20)14-18-15(11-7-3-1-4-8-11)21-16(19-14)12-9-5-2-6-10-12/h1-10H,(H-,17,20)/p+1. The largest absolute Gasteiger partial charge is 0.363 e. The molecule has 0 spiro atoms. The van der Waals surface area contributed by atoms with Crippen LogP contribution in [0.1, 0.15) is 10.6 Å². The number of rotatable bonds is 3. The molecule has 0 aliphatic rings. The normalized spacial score (nSPS) is 10.3. The van der Waals surface area contributed by atoms with Crippen molar-refractivity contribution >= 4 is 17.2 Å². The van der Waals surface area contributed by atoms with Crippen LogP contribution in [0.5, 0.6) is 0 Å². The van der Waals surface area contributed by atoms with Crippen LogP contribution in [-0.2, 0) is 0 Å². The molecule has 2 aromatic carbocycles. The first kappa shape index (κ1) is 13.3. The lowest BCUT2D eigenvalue weighted by Gasteiger charge is -1.97. The summed E-state index contributed by atoms with van der Waals surface area (Å²) in [5.74, 6) is -0.594. The molecule has 0 radical (unpaired) electrons. The van der Waals surface area contributed by atoms with Crippen LogP contribution in [-0.4, -0.2) is 15.9 Å². The van der Waals surface area contributed by atoms with E-state index >= 15 is 0 Å². The van der Waals surface area contributed by atoms with E-state index in [-0.39, 0.29) is 5.82 Å². The number of carbonyl (C=O) groups excluding carboxylic acids is 1. The minimum atomic E-state index is -0.628. The van der Waals surface area contributed by atoms with Gasteiger partial charge in [0.25, 0.3) is 17.2 Å². The number of hydrogen-bond donors (Lipinski definition) is 1. The summed E-state index contributed by atoms with van der Waals surface area (Å²) in [6.45, 7) is 0. The van der Waals surface area contributed by atoms with E-state index in [9.17, 15) is 4.79 Å². The summed E-state index contributed by atoms with van der Waals surface area (Å²) in [5, 5.41) is 1.44. The number of amides is 1. The summed E-state index contributed by atoms with van der Waals surface area (Å²) in [6, 6.07) is 19.3. The van der Waals surface area contributed by atoms with Crippen LogP contribution in [0.25, 0.3) is 21.1 Å². The third kappa shape index (κ3) is 2.93. The molecule has 0 saturated heterocycles. The maximum Gasteiger partial charge on any atom is 0.335 e. The molecule has 3 aromatic rings. The van der Waals surface area contributed by atoms with Crippen LogP contribution in [0.4, 0.5) is 0 Å². The van der Waals surface area contributed by atoms with Crippen LogP contribution in [0.15, 0.2) is 60.7 Å². The number of nitrogens with two attached hydrogens (primary N) is 1. The lowest BCUT2D eigenvalue weighted by atomic mass is 10.2. The minimum absolute atomic E-state index is 0.0338. The molecule has 0 saturated carbocycles. The highest BCUT2D eigenvalue weighted by atomic mass is 32.1. The van der Waals surface area contributed by atoms with E-state index in [0.29, 0.717) is 0 Å². The maximum absolute atomic E-state index is 11.5. The molecule has 3 rings (SSSR count). The molecule has 5 heteroatoms. The van der Waals surface area contributed by atoms with Gasteiger partial charge in [0.05, 0.1) is 11.1 Å². The van der Waals surface area contributed by atoms with E-state index in [1.165, 1.54) is 11.3 Å². The lowest BCUT2D eigenvalue weighted by Crippen LogP contribution is -2.15. The van der Waals surface area contributed by atoms with Crippen LogP contribution in [0.3, 0.4) is 0 Å². The molecule has 0 atom stereocenters. The van der Waals surface area contributed by atoms with E-state index in [1.807, 2.05) is 60.7 Å². The highest BCUT2D eigenvalue weighted by Gasteiger charge is 2.23. The van der Waals surface area contributed by atoms with Crippen LogP contribution in [0, 0.1) is 0 Å². The van der Waals surface area contributed by atoms with E-state index in [1.54, 1.807) is 0 Å². The minimum Gasteiger partial charge on any atom is -0.363 e. The second-order valence-corrected chi connectivity index (χ2v) is 5.33. The third-order valence-electron chi connectivity index (χ3n) is 2.87. The molecule has 0 aliphatic heterocycles. The summed E-state index contributed by atoms with van der Waals surface area (Å²) in [4.78, 5) is 20.0. The Morgan fingerprint density at radius 2 is 1.24 bits per heavy atom. The molecule has 21 heavy (non-hydrogen) atoms. The molecular formula is C16H12N3OS+. The highest BCUT2D eigenvalue weighted by Crippen LogP contribution is 2.29. The second kappa shape index (κ2) is 5.76. The fraction of sp³-hybridized carbons (Fsp3) is 0. The molecule has 4 nitrogen and oxygen atoms in total. The number of nitrogens with zero attached hydrogens (tertiary/aromatic N) is 2. The third-order valence-corrected chi connectivity index (χ3v) is 3.91. The smallest absolute Gasteiger partial charge is 0.335 e. The first-order chi connectivity index (χ1) is 10.2. The molecule has 0 bridgehead atoms. The van der Waals surface area contributed by atoms with Crippen molar-refractivity contribution in [1.29, 1.82) is 0 Å². The average molecular weight is 294 g/mol. The van der Waals surface area contributed by atoms with E-state index in [0.717, 1.165) is 21.1 Å². The van der Waals surface area contributed by atoms with Gasteiger partial charge >= 0.3 is 10.0 Å². The van der Waals surface area contributed by atoms with Crippen molar-refractivity contribution in [3.05, 3.63) is 66.5 Å². The van der Waals surface area contributed by atoms with Crippen LogP contribution in [0.2, 0.25) is 0 Å². The summed E-state index contributed by atoms with van der Waals surface area (Å²) in [7, 11) is 0. The number of aromatic nitrogens is 2. The number of hydrogen-bond acceptors (Lipinski definition) is 3. The van der Waals surface area contributed by atoms with Gasteiger partial charge in [-0.15, -0.1) is 0 Å². The summed E-state index contributed by atoms with van der Waals surface area (Å²) < 4.78 is 0. The first-order valence-electron chi connectivity index (χ1n) is 6.37. The van der Waals surface area contributed by atoms with Gasteiger partial charge in [-0.2, -0.15) is 9.97 Å². The predicted octanol–water partition coefficient (Wildman–Crippen LogP) is 3.25. The Balaban J connectivity index is 2.18. The van der Waals surface area contributed by atoms with Gasteiger partial charge in [-0.3, -0.25) is 4.79 Å². The fourth-order valence-electron chi connectivity index (χ4n) is 1.87. The first-order valence-corrected chi connectivity index (χ1v) is 7.18. The van der Waals surface area contributed by atoms with Crippen molar-refractivity contribution in [1.82, 2.24) is 9.97 Å². The van der Waals surface area contributed by atoms with E-state index < -0.39 is 5.91 Å².